The first-order valence-corrected chi connectivity index (χ1v) is 5.38. The van der Waals surface area contributed by atoms with Gasteiger partial charge in [0.25, 0.3) is 5.92 Å². The molecule has 0 amide bonds. The molecular weight excluding hydrogens is 204 g/mol. The Morgan fingerprint density at radius 2 is 2.00 bits per heavy atom. The van der Waals surface area contributed by atoms with Gasteiger partial charge in [-0.15, -0.1) is 0 Å². The van der Waals surface area contributed by atoms with Gasteiger partial charge in [0.05, 0.1) is 6.04 Å². The fourth-order valence-corrected chi connectivity index (χ4v) is 2.70. The van der Waals surface area contributed by atoms with Crippen LogP contribution in [0.15, 0.2) is 0 Å². The minimum absolute atomic E-state index is 0.0683. The van der Waals surface area contributed by atoms with Gasteiger partial charge in [-0.3, -0.25) is 9.69 Å². The van der Waals surface area contributed by atoms with E-state index in [-0.39, 0.29) is 6.42 Å². The predicted octanol–water partition coefficient (Wildman–Crippen LogP) is 1.58. The van der Waals surface area contributed by atoms with Crippen LogP contribution in [0.2, 0.25) is 0 Å². The average molecular weight is 219 g/mol. The minimum atomic E-state index is -3.06. The standard InChI is InChI=1S/C10H15F2NO2/c11-10(12)7(9(14)15)4-6-13-5-2-1-3-8(10)13/h7-8H,1-6H2,(H,14,15). The normalized spacial score (nSPS) is 35.9. The van der Waals surface area contributed by atoms with Crippen LogP contribution in [-0.2, 0) is 4.79 Å². The van der Waals surface area contributed by atoms with Crippen molar-refractivity contribution in [3.8, 4) is 0 Å². The summed E-state index contributed by atoms with van der Waals surface area (Å²) in [5, 5.41) is 8.77. The Kier molecular flexibility index (Phi) is 2.66. The lowest BCUT2D eigenvalue weighted by molar-refractivity contribution is -0.186. The zero-order valence-electron chi connectivity index (χ0n) is 8.46. The maximum Gasteiger partial charge on any atom is 0.312 e. The summed E-state index contributed by atoms with van der Waals surface area (Å²) in [5.74, 6) is -5.91. The van der Waals surface area contributed by atoms with Crippen molar-refractivity contribution in [2.24, 2.45) is 5.92 Å². The monoisotopic (exact) mass is 219 g/mol. The highest BCUT2D eigenvalue weighted by molar-refractivity contribution is 5.71. The number of halogens is 2. The van der Waals surface area contributed by atoms with Gasteiger partial charge in [-0.2, -0.15) is 0 Å². The summed E-state index contributed by atoms with van der Waals surface area (Å²) in [4.78, 5) is 12.5. The molecule has 0 aliphatic carbocycles. The van der Waals surface area contributed by atoms with Gasteiger partial charge in [0.2, 0.25) is 0 Å². The number of carboxylic acid groups (broad SMARTS) is 1. The lowest BCUT2D eigenvalue weighted by Gasteiger charge is -2.46. The van der Waals surface area contributed by atoms with Crippen LogP contribution in [-0.4, -0.2) is 41.0 Å². The van der Waals surface area contributed by atoms with Crippen molar-refractivity contribution < 1.29 is 18.7 Å². The quantitative estimate of drug-likeness (QED) is 0.728. The van der Waals surface area contributed by atoms with Crippen LogP contribution >= 0.6 is 0 Å². The second-order valence-corrected chi connectivity index (χ2v) is 4.40. The van der Waals surface area contributed by atoms with Gasteiger partial charge >= 0.3 is 5.97 Å². The molecule has 2 atom stereocenters. The van der Waals surface area contributed by atoms with E-state index in [4.69, 9.17) is 5.11 Å². The highest BCUT2D eigenvalue weighted by Gasteiger charge is 2.55. The van der Waals surface area contributed by atoms with Crippen molar-refractivity contribution in [1.82, 2.24) is 4.90 Å². The Bertz CT molecular complexity index is 270. The highest BCUT2D eigenvalue weighted by atomic mass is 19.3. The Morgan fingerprint density at radius 3 is 2.67 bits per heavy atom. The van der Waals surface area contributed by atoms with Gasteiger partial charge in [0.15, 0.2) is 0 Å². The fourth-order valence-electron chi connectivity index (χ4n) is 2.70. The lowest BCUT2D eigenvalue weighted by Crippen LogP contribution is -2.60. The van der Waals surface area contributed by atoms with Crippen molar-refractivity contribution in [3.05, 3.63) is 0 Å². The smallest absolute Gasteiger partial charge is 0.312 e. The minimum Gasteiger partial charge on any atom is -0.481 e. The molecule has 0 aromatic heterocycles. The number of alkyl halides is 2. The molecule has 5 heteroatoms. The molecule has 86 valence electrons. The van der Waals surface area contributed by atoms with E-state index in [0.717, 1.165) is 12.8 Å². The van der Waals surface area contributed by atoms with E-state index >= 15 is 0 Å². The third-order valence-corrected chi connectivity index (χ3v) is 3.53. The summed E-state index contributed by atoms with van der Waals surface area (Å²) < 4.78 is 27.7. The van der Waals surface area contributed by atoms with Gasteiger partial charge in [0.1, 0.15) is 5.92 Å². The lowest BCUT2D eigenvalue weighted by atomic mass is 9.82. The summed E-state index contributed by atoms with van der Waals surface area (Å²) in [6.07, 6.45) is 2.23. The molecule has 0 aromatic carbocycles. The summed E-state index contributed by atoms with van der Waals surface area (Å²) >= 11 is 0. The molecule has 0 radical (unpaired) electrons. The first kappa shape index (κ1) is 10.8. The van der Waals surface area contributed by atoms with Crippen LogP contribution in [0.3, 0.4) is 0 Å². The Balaban J connectivity index is 2.19. The molecule has 0 aromatic rings. The van der Waals surface area contributed by atoms with E-state index in [0.29, 0.717) is 19.5 Å². The number of hydrogen-bond acceptors (Lipinski definition) is 2. The summed E-state index contributed by atoms with van der Waals surface area (Å²) in [7, 11) is 0. The molecule has 0 bridgehead atoms. The van der Waals surface area contributed by atoms with Crippen LogP contribution in [0.1, 0.15) is 25.7 Å². The van der Waals surface area contributed by atoms with Crippen LogP contribution < -0.4 is 0 Å². The second kappa shape index (κ2) is 3.70. The number of hydrogen-bond donors (Lipinski definition) is 1. The molecular formula is C10H15F2NO2. The maximum atomic E-state index is 13.8. The molecule has 2 unspecified atom stereocenters. The van der Waals surface area contributed by atoms with Gasteiger partial charge < -0.3 is 5.11 Å². The van der Waals surface area contributed by atoms with Crippen LogP contribution in [0, 0.1) is 5.92 Å². The maximum absolute atomic E-state index is 13.8. The first-order valence-electron chi connectivity index (χ1n) is 5.38. The third kappa shape index (κ3) is 1.73. The molecule has 0 saturated carbocycles. The highest BCUT2D eigenvalue weighted by Crippen LogP contribution is 2.41. The van der Waals surface area contributed by atoms with E-state index in [9.17, 15) is 13.6 Å². The fraction of sp³-hybridized carbons (Fsp3) is 0.900. The van der Waals surface area contributed by atoms with Crippen molar-refractivity contribution in [2.75, 3.05) is 13.1 Å². The van der Waals surface area contributed by atoms with Crippen molar-refractivity contribution in [1.29, 1.82) is 0 Å². The molecule has 0 spiro atoms. The Labute approximate surface area is 87.1 Å². The van der Waals surface area contributed by atoms with E-state index < -0.39 is 23.9 Å². The van der Waals surface area contributed by atoms with Crippen molar-refractivity contribution in [2.45, 2.75) is 37.6 Å². The van der Waals surface area contributed by atoms with Gasteiger partial charge in [-0.25, -0.2) is 8.78 Å². The number of aliphatic carboxylic acids is 1. The Morgan fingerprint density at radius 1 is 1.27 bits per heavy atom. The molecule has 2 rings (SSSR count). The molecule has 2 aliphatic rings. The van der Waals surface area contributed by atoms with Gasteiger partial charge in [0, 0.05) is 0 Å². The molecule has 2 fully saturated rings. The molecule has 2 heterocycles. The van der Waals surface area contributed by atoms with Crippen molar-refractivity contribution >= 4 is 5.97 Å². The average Bonchev–Trinajstić information content (AvgIpc) is 2.17. The SMILES string of the molecule is O=C(O)C1CCN2CCCCC2C1(F)F. The number of piperidine rings is 2. The number of nitrogens with zero attached hydrogens (tertiary/aromatic N) is 1. The zero-order chi connectivity index (χ0) is 11.1. The Hall–Kier alpha value is -0.710. The molecule has 2 aliphatic heterocycles. The first-order chi connectivity index (χ1) is 7.03. The topological polar surface area (TPSA) is 40.5 Å². The number of carboxylic acids is 1. The number of rotatable bonds is 1. The third-order valence-electron chi connectivity index (χ3n) is 3.53. The number of fused-ring (bicyclic) bond motifs is 1. The summed E-state index contributed by atoms with van der Waals surface area (Å²) in [6, 6.07) is -0.846. The largest absolute Gasteiger partial charge is 0.481 e. The second-order valence-electron chi connectivity index (χ2n) is 4.40. The zero-order valence-corrected chi connectivity index (χ0v) is 8.46. The summed E-state index contributed by atoms with van der Waals surface area (Å²) in [6.45, 7) is 1.18. The predicted molar refractivity (Wildman–Crippen MR) is 49.9 cm³/mol. The van der Waals surface area contributed by atoms with E-state index in [1.807, 2.05) is 0 Å². The summed E-state index contributed by atoms with van der Waals surface area (Å²) in [5.41, 5.74) is 0. The molecule has 3 nitrogen and oxygen atoms in total. The van der Waals surface area contributed by atoms with Crippen LogP contribution in [0.5, 0.6) is 0 Å². The van der Waals surface area contributed by atoms with E-state index in [2.05, 4.69) is 0 Å². The van der Waals surface area contributed by atoms with Gasteiger partial charge in [-0.05, 0) is 32.4 Å². The molecule has 2 saturated heterocycles. The van der Waals surface area contributed by atoms with Crippen LogP contribution in [0.4, 0.5) is 8.78 Å². The van der Waals surface area contributed by atoms with E-state index in [1.54, 1.807) is 4.90 Å². The number of carbonyl (C=O) groups is 1. The van der Waals surface area contributed by atoms with Crippen LogP contribution in [0.25, 0.3) is 0 Å². The molecule has 15 heavy (non-hydrogen) atoms. The van der Waals surface area contributed by atoms with E-state index in [1.165, 1.54) is 0 Å². The van der Waals surface area contributed by atoms with Crippen molar-refractivity contribution in [3.63, 3.8) is 0 Å². The molecule has 1 N–H and O–H groups in total. The van der Waals surface area contributed by atoms with Gasteiger partial charge in [-0.1, -0.05) is 6.42 Å².